The highest BCUT2D eigenvalue weighted by atomic mass is 16.5. The van der Waals surface area contributed by atoms with Crippen molar-refractivity contribution in [2.24, 2.45) is 0 Å². The van der Waals surface area contributed by atoms with Crippen molar-refractivity contribution >= 4 is 5.91 Å². The third-order valence-corrected chi connectivity index (χ3v) is 3.90. The van der Waals surface area contributed by atoms with E-state index < -0.39 is 0 Å². The number of nitrogens with one attached hydrogen (secondary N) is 1. The van der Waals surface area contributed by atoms with Crippen LogP contribution in [0.3, 0.4) is 0 Å². The molecule has 1 unspecified atom stereocenters. The Morgan fingerprint density at radius 3 is 2.58 bits per heavy atom. The molecule has 0 fully saturated rings. The van der Waals surface area contributed by atoms with Crippen molar-refractivity contribution in [3.8, 4) is 17.2 Å². The summed E-state index contributed by atoms with van der Waals surface area (Å²) in [7, 11) is 3.18. The lowest BCUT2D eigenvalue weighted by Crippen LogP contribution is -2.27. The summed E-state index contributed by atoms with van der Waals surface area (Å²) in [5.74, 6) is 1.51. The van der Waals surface area contributed by atoms with E-state index in [1.54, 1.807) is 32.4 Å². The number of amides is 1. The summed E-state index contributed by atoms with van der Waals surface area (Å²) in [6.07, 6.45) is 0.797. The van der Waals surface area contributed by atoms with Gasteiger partial charge in [0, 0.05) is 18.1 Å². The maximum absolute atomic E-state index is 12.2. The van der Waals surface area contributed by atoms with Crippen molar-refractivity contribution in [2.45, 2.75) is 25.8 Å². The highest BCUT2D eigenvalue weighted by Crippen LogP contribution is 2.29. The summed E-state index contributed by atoms with van der Waals surface area (Å²) in [5, 5.41) is 12.7. The maximum Gasteiger partial charge on any atom is 0.220 e. The molecular formula is C19H23NO4. The quantitative estimate of drug-likeness (QED) is 0.818. The van der Waals surface area contributed by atoms with Gasteiger partial charge < -0.3 is 19.9 Å². The van der Waals surface area contributed by atoms with E-state index in [0.717, 1.165) is 11.1 Å². The van der Waals surface area contributed by atoms with Crippen molar-refractivity contribution in [3.63, 3.8) is 0 Å². The standard InChI is InChI=1S/C19H23NO4/c1-13(16-10-9-15(23-2)12-18(16)24-3)20-19(22)11-8-14-6-4-5-7-17(14)21/h4-7,9-10,12-13,21H,8,11H2,1-3H3,(H,20,22). The predicted molar refractivity (Wildman–Crippen MR) is 92.5 cm³/mol. The van der Waals surface area contributed by atoms with Crippen LogP contribution in [-0.4, -0.2) is 25.2 Å². The van der Waals surface area contributed by atoms with Gasteiger partial charge in [0.25, 0.3) is 0 Å². The molecule has 0 saturated carbocycles. The molecule has 2 aromatic rings. The van der Waals surface area contributed by atoms with Crippen molar-refractivity contribution in [2.75, 3.05) is 14.2 Å². The molecule has 2 rings (SSSR count). The number of phenolic OH excluding ortho intramolecular Hbond substituents is 1. The minimum atomic E-state index is -0.192. The number of hydrogen-bond acceptors (Lipinski definition) is 4. The van der Waals surface area contributed by atoms with E-state index in [1.807, 2.05) is 31.2 Å². The molecule has 2 N–H and O–H groups in total. The van der Waals surface area contributed by atoms with E-state index in [4.69, 9.17) is 9.47 Å². The average molecular weight is 329 g/mol. The van der Waals surface area contributed by atoms with Gasteiger partial charge in [-0.1, -0.05) is 18.2 Å². The summed E-state index contributed by atoms with van der Waals surface area (Å²) < 4.78 is 10.6. The van der Waals surface area contributed by atoms with Gasteiger partial charge in [-0.05, 0) is 37.1 Å². The summed E-state index contributed by atoms with van der Waals surface area (Å²) in [5.41, 5.74) is 1.65. The van der Waals surface area contributed by atoms with Gasteiger partial charge >= 0.3 is 0 Å². The van der Waals surface area contributed by atoms with Gasteiger partial charge in [0.2, 0.25) is 5.91 Å². The Labute approximate surface area is 142 Å². The fourth-order valence-electron chi connectivity index (χ4n) is 2.54. The predicted octanol–water partition coefficient (Wildman–Crippen LogP) is 3.22. The van der Waals surface area contributed by atoms with Gasteiger partial charge in [-0.2, -0.15) is 0 Å². The Kier molecular flexibility index (Phi) is 6.07. The van der Waals surface area contributed by atoms with Crippen LogP contribution >= 0.6 is 0 Å². The summed E-state index contributed by atoms with van der Waals surface area (Å²) in [4.78, 5) is 12.2. The first-order valence-electron chi connectivity index (χ1n) is 7.83. The van der Waals surface area contributed by atoms with Crippen LogP contribution in [0, 0.1) is 0 Å². The molecule has 1 amide bonds. The van der Waals surface area contributed by atoms with Crippen LogP contribution in [0.2, 0.25) is 0 Å². The van der Waals surface area contributed by atoms with Crippen molar-refractivity contribution in [1.29, 1.82) is 0 Å². The molecule has 1 atom stereocenters. The fourth-order valence-corrected chi connectivity index (χ4v) is 2.54. The van der Waals surface area contributed by atoms with Crippen LogP contribution in [0.5, 0.6) is 17.2 Å². The number of carbonyl (C=O) groups excluding carboxylic acids is 1. The molecule has 5 nitrogen and oxygen atoms in total. The van der Waals surface area contributed by atoms with E-state index in [9.17, 15) is 9.90 Å². The first-order chi connectivity index (χ1) is 11.5. The van der Waals surface area contributed by atoms with E-state index in [1.165, 1.54) is 0 Å². The highest BCUT2D eigenvalue weighted by Gasteiger charge is 2.15. The number of rotatable bonds is 7. The molecule has 0 aliphatic heterocycles. The van der Waals surface area contributed by atoms with Gasteiger partial charge in [-0.3, -0.25) is 4.79 Å². The summed E-state index contributed by atoms with van der Waals surface area (Å²) in [6.45, 7) is 1.90. The lowest BCUT2D eigenvalue weighted by molar-refractivity contribution is -0.121. The third-order valence-electron chi connectivity index (χ3n) is 3.90. The van der Waals surface area contributed by atoms with Crippen LogP contribution < -0.4 is 14.8 Å². The number of benzene rings is 2. The van der Waals surface area contributed by atoms with Crippen LogP contribution in [0.25, 0.3) is 0 Å². The first kappa shape index (κ1) is 17.7. The van der Waals surface area contributed by atoms with E-state index in [-0.39, 0.29) is 17.7 Å². The van der Waals surface area contributed by atoms with E-state index in [2.05, 4.69) is 5.32 Å². The number of aromatic hydroxyl groups is 1. The number of aryl methyl sites for hydroxylation is 1. The van der Waals surface area contributed by atoms with Gasteiger partial charge in [0.15, 0.2) is 0 Å². The molecule has 0 spiro atoms. The second-order valence-corrected chi connectivity index (χ2v) is 5.53. The molecule has 0 radical (unpaired) electrons. The Morgan fingerprint density at radius 1 is 1.17 bits per heavy atom. The number of carbonyl (C=O) groups is 1. The van der Waals surface area contributed by atoms with Crippen LogP contribution in [0.4, 0.5) is 0 Å². The summed E-state index contributed by atoms with van der Waals surface area (Å²) >= 11 is 0. The van der Waals surface area contributed by atoms with Crippen molar-refractivity contribution in [3.05, 3.63) is 53.6 Å². The van der Waals surface area contributed by atoms with Gasteiger partial charge in [0.1, 0.15) is 17.2 Å². The van der Waals surface area contributed by atoms with Gasteiger partial charge in [0.05, 0.1) is 20.3 Å². The number of methoxy groups -OCH3 is 2. The number of phenols is 1. The molecule has 0 aliphatic carbocycles. The molecule has 128 valence electrons. The molecule has 24 heavy (non-hydrogen) atoms. The lowest BCUT2D eigenvalue weighted by Gasteiger charge is -2.18. The maximum atomic E-state index is 12.2. The van der Waals surface area contributed by atoms with E-state index >= 15 is 0 Å². The second kappa shape index (κ2) is 8.24. The minimum Gasteiger partial charge on any atom is -0.508 e. The zero-order valence-electron chi connectivity index (χ0n) is 14.2. The smallest absolute Gasteiger partial charge is 0.220 e. The number of para-hydroxylation sites is 1. The van der Waals surface area contributed by atoms with Crippen molar-refractivity contribution in [1.82, 2.24) is 5.32 Å². The molecule has 0 saturated heterocycles. The Morgan fingerprint density at radius 2 is 1.92 bits per heavy atom. The molecule has 0 bridgehead atoms. The normalized spacial score (nSPS) is 11.6. The van der Waals surface area contributed by atoms with Crippen molar-refractivity contribution < 1.29 is 19.4 Å². The SMILES string of the molecule is COc1ccc(C(C)NC(=O)CCc2ccccc2O)c(OC)c1. The Hall–Kier alpha value is -2.69. The van der Waals surface area contributed by atoms with Gasteiger partial charge in [-0.25, -0.2) is 0 Å². The Bertz CT molecular complexity index is 700. The minimum absolute atomic E-state index is 0.0800. The largest absolute Gasteiger partial charge is 0.508 e. The number of ether oxygens (including phenoxy) is 2. The van der Waals surface area contributed by atoms with Crippen LogP contribution in [0.15, 0.2) is 42.5 Å². The third kappa shape index (κ3) is 4.41. The lowest BCUT2D eigenvalue weighted by atomic mass is 10.1. The topological polar surface area (TPSA) is 67.8 Å². The molecule has 0 aromatic heterocycles. The average Bonchev–Trinajstić information content (AvgIpc) is 2.60. The molecule has 0 aliphatic rings. The highest BCUT2D eigenvalue weighted by molar-refractivity contribution is 5.77. The summed E-state index contributed by atoms with van der Waals surface area (Å²) in [6, 6.07) is 12.4. The second-order valence-electron chi connectivity index (χ2n) is 5.53. The van der Waals surface area contributed by atoms with Crippen LogP contribution in [-0.2, 0) is 11.2 Å². The fraction of sp³-hybridized carbons (Fsp3) is 0.316. The molecule has 5 heteroatoms. The van der Waals surface area contributed by atoms with Gasteiger partial charge in [-0.15, -0.1) is 0 Å². The first-order valence-corrected chi connectivity index (χ1v) is 7.83. The van der Waals surface area contributed by atoms with Crippen LogP contribution in [0.1, 0.15) is 30.5 Å². The molecule has 2 aromatic carbocycles. The number of hydrogen-bond donors (Lipinski definition) is 2. The molecular weight excluding hydrogens is 306 g/mol. The molecule has 0 heterocycles. The van der Waals surface area contributed by atoms with E-state index in [0.29, 0.717) is 24.3 Å². The zero-order valence-corrected chi connectivity index (χ0v) is 14.2. The Balaban J connectivity index is 1.97. The zero-order chi connectivity index (χ0) is 17.5. The monoisotopic (exact) mass is 329 g/mol.